The molecule has 1 atom stereocenters. The zero-order valence-electron chi connectivity index (χ0n) is 14.1. The Hall–Kier alpha value is -3.55. The number of halogens is 1. The van der Waals surface area contributed by atoms with Gasteiger partial charge in [0.05, 0.1) is 12.0 Å². The van der Waals surface area contributed by atoms with Crippen LogP contribution in [0.15, 0.2) is 59.1 Å². The van der Waals surface area contributed by atoms with Gasteiger partial charge in [-0.3, -0.25) is 9.59 Å². The number of carbonyl (C=O) groups is 2. The fourth-order valence-electron chi connectivity index (χ4n) is 2.59. The number of carbonyl (C=O) groups excluding carboxylic acids is 1. The largest absolute Gasteiger partial charge is 0.481 e. The van der Waals surface area contributed by atoms with Crippen LogP contribution in [0.1, 0.15) is 22.6 Å². The monoisotopic (exact) mass is 369 g/mol. The molecule has 1 aromatic heterocycles. The van der Waals surface area contributed by atoms with Crippen LogP contribution in [0.4, 0.5) is 4.39 Å². The molecule has 1 unspecified atom stereocenters. The number of carboxylic acid groups (broad SMARTS) is 1. The number of amides is 1. The Morgan fingerprint density at radius 1 is 1.11 bits per heavy atom. The van der Waals surface area contributed by atoms with Crippen molar-refractivity contribution in [1.29, 1.82) is 0 Å². The molecule has 0 spiro atoms. The van der Waals surface area contributed by atoms with Gasteiger partial charge in [-0.05, 0) is 24.1 Å². The number of aromatic nitrogens is 2. The normalized spacial score (nSPS) is 11.7. The fourth-order valence-corrected chi connectivity index (χ4v) is 2.59. The van der Waals surface area contributed by atoms with Gasteiger partial charge in [-0.1, -0.05) is 47.6 Å². The fraction of sp³-hybridized carbons (Fsp3) is 0.158. The third-order valence-electron chi connectivity index (χ3n) is 3.81. The number of nitrogens with one attached hydrogen (secondary N) is 1. The molecule has 7 nitrogen and oxygen atoms in total. The van der Waals surface area contributed by atoms with Gasteiger partial charge < -0.3 is 14.9 Å². The first-order valence-corrected chi connectivity index (χ1v) is 8.18. The molecule has 3 rings (SSSR count). The van der Waals surface area contributed by atoms with Crippen LogP contribution < -0.4 is 5.32 Å². The molecule has 0 radical (unpaired) electrons. The summed E-state index contributed by atoms with van der Waals surface area (Å²) in [7, 11) is 0. The number of hydrogen-bond acceptors (Lipinski definition) is 5. The smallest absolute Gasteiger partial charge is 0.305 e. The van der Waals surface area contributed by atoms with Crippen LogP contribution in [0.2, 0.25) is 0 Å². The molecule has 0 saturated heterocycles. The zero-order valence-corrected chi connectivity index (χ0v) is 14.1. The van der Waals surface area contributed by atoms with E-state index in [9.17, 15) is 14.0 Å². The first-order chi connectivity index (χ1) is 13.0. The predicted octanol–water partition coefficient (Wildman–Crippen LogP) is 2.69. The summed E-state index contributed by atoms with van der Waals surface area (Å²) in [5.74, 6) is -2.71. The molecule has 2 aromatic carbocycles. The second-order valence-corrected chi connectivity index (χ2v) is 5.86. The van der Waals surface area contributed by atoms with E-state index in [-0.39, 0.29) is 23.7 Å². The Labute approximate surface area is 153 Å². The van der Waals surface area contributed by atoms with Crippen molar-refractivity contribution in [2.75, 3.05) is 0 Å². The predicted molar refractivity (Wildman–Crippen MR) is 93.3 cm³/mol. The first kappa shape index (κ1) is 18.2. The van der Waals surface area contributed by atoms with Crippen molar-refractivity contribution in [1.82, 2.24) is 15.5 Å². The molecule has 2 N–H and O–H groups in total. The summed E-state index contributed by atoms with van der Waals surface area (Å²) in [6.45, 7) is 0. The molecule has 0 aliphatic rings. The highest BCUT2D eigenvalue weighted by Crippen LogP contribution is 2.20. The molecule has 138 valence electrons. The zero-order chi connectivity index (χ0) is 19.2. The van der Waals surface area contributed by atoms with Gasteiger partial charge >= 0.3 is 5.97 Å². The van der Waals surface area contributed by atoms with Gasteiger partial charge in [0.25, 0.3) is 17.6 Å². The number of carboxylic acids is 1. The van der Waals surface area contributed by atoms with Gasteiger partial charge in [-0.2, -0.15) is 4.98 Å². The summed E-state index contributed by atoms with van der Waals surface area (Å²) in [5, 5.41) is 15.2. The van der Waals surface area contributed by atoms with Crippen LogP contribution in [-0.2, 0) is 11.2 Å². The lowest BCUT2D eigenvalue weighted by Gasteiger charge is -2.15. The van der Waals surface area contributed by atoms with E-state index in [2.05, 4.69) is 15.5 Å². The van der Waals surface area contributed by atoms with Gasteiger partial charge in [0.2, 0.25) is 0 Å². The topological polar surface area (TPSA) is 105 Å². The highest BCUT2D eigenvalue weighted by atomic mass is 19.1. The molecule has 27 heavy (non-hydrogen) atoms. The average Bonchev–Trinajstić information content (AvgIpc) is 3.12. The van der Waals surface area contributed by atoms with Crippen LogP contribution in [0.5, 0.6) is 0 Å². The molecule has 0 saturated carbocycles. The maximum Gasteiger partial charge on any atom is 0.305 e. The third kappa shape index (κ3) is 4.75. The number of benzene rings is 2. The molecular formula is C19H16FN3O4. The first-order valence-electron chi connectivity index (χ1n) is 8.18. The molecule has 1 amide bonds. The quantitative estimate of drug-likeness (QED) is 0.663. The molecule has 1 heterocycles. The van der Waals surface area contributed by atoms with E-state index in [4.69, 9.17) is 9.63 Å². The van der Waals surface area contributed by atoms with Crippen LogP contribution in [0.25, 0.3) is 11.5 Å². The molecule has 3 aromatic rings. The Balaban J connectivity index is 1.74. The number of aliphatic carboxylic acids is 1. The second-order valence-electron chi connectivity index (χ2n) is 5.86. The van der Waals surface area contributed by atoms with E-state index in [0.717, 1.165) is 5.56 Å². The highest BCUT2D eigenvalue weighted by molar-refractivity contribution is 5.91. The van der Waals surface area contributed by atoms with Crippen molar-refractivity contribution >= 4 is 11.9 Å². The van der Waals surface area contributed by atoms with Crippen molar-refractivity contribution in [3.8, 4) is 11.5 Å². The maximum absolute atomic E-state index is 13.8. The SMILES string of the molecule is O=C(O)CC(Cc1ccccc1)NC(=O)c1noc(-c2ccccc2F)n1. The van der Waals surface area contributed by atoms with Gasteiger partial charge in [-0.25, -0.2) is 4.39 Å². The molecular weight excluding hydrogens is 353 g/mol. The van der Waals surface area contributed by atoms with Crippen molar-refractivity contribution in [2.24, 2.45) is 0 Å². The standard InChI is InChI=1S/C19H16FN3O4/c20-15-9-5-4-8-14(15)19-22-17(23-27-19)18(26)21-13(11-16(24)25)10-12-6-2-1-3-7-12/h1-9,13H,10-11H2,(H,21,26)(H,24,25). The van der Waals surface area contributed by atoms with E-state index in [1.807, 2.05) is 30.3 Å². The Kier molecular flexibility index (Phi) is 5.55. The van der Waals surface area contributed by atoms with E-state index < -0.39 is 23.7 Å². The molecule has 0 fully saturated rings. The average molecular weight is 369 g/mol. The minimum atomic E-state index is -1.05. The minimum absolute atomic E-state index is 0.0791. The lowest BCUT2D eigenvalue weighted by atomic mass is 10.0. The Morgan fingerprint density at radius 3 is 2.52 bits per heavy atom. The van der Waals surface area contributed by atoms with Gasteiger partial charge in [0.15, 0.2) is 0 Å². The summed E-state index contributed by atoms with van der Waals surface area (Å²) in [4.78, 5) is 27.4. The van der Waals surface area contributed by atoms with Gasteiger partial charge in [0.1, 0.15) is 5.82 Å². The number of rotatable bonds is 7. The van der Waals surface area contributed by atoms with E-state index in [1.165, 1.54) is 18.2 Å². The summed E-state index contributed by atoms with van der Waals surface area (Å²) in [5.41, 5.74) is 0.958. The number of hydrogen-bond donors (Lipinski definition) is 2. The van der Waals surface area contributed by atoms with Crippen LogP contribution in [0, 0.1) is 5.82 Å². The third-order valence-corrected chi connectivity index (χ3v) is 3.81. The Morgan fingerprint density at radius 2 is 1.81 bits per heavy atom. The number of nitrogens with zero attached hydrogens (tertiary/aromatic N) is 2. The summed E-state index contributed by atoms with van der Waals surface area (Å²) < 4.78 is 18.7. The van der Waals surface area contributed by atoms with Crippen LogP contribution >= 0.6 is 0 Å². The van der Waals surface area contributed by atoms with Crippen LogP contribution in [-0.4, -0.2) is 33.2 Å². The molecule has 0 aliphatic heterocycles. The maximum atomic E-state index is 13.8. The summed E-state index contributed by atoms with van der Waals surface area (Å²) >= 11 is 0. The molecule has 8 heteroatoms. The summed E-state index contributed by atoms with van der Waals surface area (Å²) in [6.07, 6.45) is 0.0650. The van der Waals surface area contributed by atoms with Crippen molar-refractivity contribution in [2.45, 2.75) is 18.9 Å². The highest BCUT2D eigenvalue weighted by Gasteiger charge is 2.22. The lowest BCUT2D eigenvalue weighted by molar-refractivity contribution is -0.137. The second kappa shape index (κ2) is 8.22. The van der Waals surface area contributed by atoms with Gasteiger partial charge in [0, 0.05) is 6.04 Å². The van der Waals surface area contributed by atoms with E-state index in [0.29, 0.717) is 6.42 Å². The van der Waals surface area contributed by atoms with E-state index in [1.54, 1.807) is 6.07 Å². The molecule has 0 aliphatic carbocycles. The lowest BCUT2D eigenvalue weighted by Crippen LogP contribution is -2.38. The van der Waals surface area contributed by atoms with E-state index >= 15 is 0 Å². The Bertz CT molecular complexity index is 943. The summed E-state index contributed by atoms with van der Waals surface area (Å²) in [6, 6.07) is 14.3. The van der Waals surface area contributed by atoms with Crippen molar-refractivity contribution in [3.63, 3.8) is 0 Å². The van der Waals surface area contributed by atoms with Crippen molar-refractivity contribution < 1.29 is 23.6 Å². The van der Waals surface area contributed by atoms with Gasteiger partial charge in [-0.15, -0.1) is 0 Å². The molecule has 0 bridgehead atoms. The van der Waals surface area contributed by atoms with Crippen LogP contribution in [0.3, 0.4) is 0 Å². The van der Waals surface area contributed by atoms with Crippen molar-refractivity contribution in [3.05, 3.63) is 71.8 Å². The minimum Gasteiger partial charge on any atom is -0.481 e.